The van der Waals surface area contributed by atoms with Crippen molar-refractivity contribution in [1.29, 1.82) is 0 Å². The molecule has 0 saturated heterocycles. The minimum atomic E-state index is -0.288. The predicted octanol–water partition coefficient (Wildman–Crippen LogP) is 1.44. The van der Waals surface area contributed by atoms with Gasteiger partial charge in [0.2, 0.25) is 5.91 Å². The van der Waals surface area contributed by atoms with Gasteiger partial charge >= 0.3 is 0 Å². The molecule has 0 unspecified atom stereocenters. The molecule has 0 saturated carbocycles. The maximum Gasteiger partial charge on any atom is 0.233 e. The second-order valence-electron chi connectivity index (χ2n) is 3.33. The lowest BCUT2D eigenvalue weighted by Crippen LogP contribution is -2.27. The molecule has 10 heavy (non-hydrogen) atoms. The maximum absolute atomic E-state index is 11.2. The molecule has 1 rings (SSSR count). The molecule has 2 nitrogen and oxygen atoms in total. The van der Waals surface area contributed by atoms with Crippen LogP contribution in [-0.4, -0.2) is 5.91 Å². The Morgan fingerprint density at radius 1 is 1.30 bits per heavy atom. The lowest BCUT2D eigenvalue weighted by Gasteiger charge is -2.15. The highest BCUT2D eigenvalue weighted by Crippen LogP contribution is 2.32. The van der Waals surface area contributed by atoms with Crippen LogP contribution in [0.3, 0.4) is 0 Å². The average molecular weight is 139 g/mol. The Hall–Kier alpha value is -0.790. The van der Waals surface area contributed by atoms with Crippen LogP contribution in [0, 0.1) is 5.41 Å². The summed E-state index contributed by atoms with van der Waals surface area (Å²) < 4.78 is 0. The normalized spacial score (nSPS) is 23.4. The van der Waals surface area contributed by atoms with Crippen LogP contribution in [0.15, 0.2) is 11.3 Å². The number of hydrogen-bond acceptors (Lipinski definition) is 1. The van der Waals surface area contributed by atoms with Crippen LogP contribution in [-0.2, 0) is 4.79 Å². The first-order valence-electron chi connectivity index (χ1n) is 3.45. The molecule has 1 amide bonds. The van der Waals surface area contributed by atoms with E-state index in [1.807, 2.05) is 27.7 Å². The molecule has 1 N–H and O–H groups in total. The summed E-state index contributed by atoms with van der Waals surface area (Å²) in [5.41, 5.74) is 1.87. The van der Waals surface area contributed by atoms with Crippen molar-refractivity contribution in [1.82, 2.24) is 5.32 Å². The molecule has 0 aliphatic carbocycles. The molecule has 1 aliphatic heterocycles. The van der Waals surface area contributed by atoms with Gasteiger partial charge in [-0.05, 0) is 33.3 Å². The van der Waals surface area contributed by atoms with Gasteiger partial charge < -0.3 is 5.32 Å². The molecule has 0 aromatic carbocycles. The Labute approximate surface area is 61.3 Å². The molecular weight excluding hydrogens is 126 g/mol. The van der Waals surface area contributed by atoms with Crippen LogP contribution >= 0.6 is 0 Å². The number of rotatable bonds is 0. The first-order valence-corrected chi connectivity index (χ1v) is 3.45. The highest BCUT2D eigenvalue weighted by molar-refractivity contribution is 5.89. The number of nitrogens with one attached hydrogen (secondary N) is 1. The fourth-order valence-electron chi connectivity index (χ4n) is 1.06. The third kappa shape index (κ3) is 0.753. The number of carbonyl (C=O) groups is 1. The van der Waals surface area contributed by atoms with Crippen molar-refractivity contribution in [3.8, 4) is 0 Å². The third-order valence-corrected chi connectivity index (χ3v) is 2.37. The summed E-state index contributed by atoms with van der Waals surface area (Å²) in [5.74, 6) is 0.113. The zero-order chi connectivity index (χ0) is 7.94. The minimum Gasteiger partial charge on any atom is -0.329 e. The fourth-order valence-corrected chi connectivity index (χ4v) is 1.06. The van der Waals surface area contributed by atoms with Crippen molar-refractivity contribution in [3.63, 3.8) is 0 Å². The topological polar surface area (TPSA) is 29.1 Å². The van der Waals surface area contributed by atoms with Crippen LogP contribution in [0.5, 0.6) is 0 Å². The molecule has 56 valence electrons. The molecule has 2 heteroatoms. The predicted molar refractivity (Wildman–Crippen MR) is 40.3 cm³/mol. The molecule has 1 heterocycles. The van der Waals surface area contributed by atoms with Crippen LogP contribution < -0.4 is 5.32 Å². The van der Waals surface area contributed by atoms with Gasteiger partial charge in [0.1, 0.15) is 0 Å². The van der Waals surface area contributed by atoms with E-state index in [2.05, 4.69) is 5.32 Å². The van der Waals surface area contributed by atoms with E-state index in [1.54, 1.807) is 0 Å². The fraction of sp³-hybridized carbons (Fsp3) is 0.625. The molecule has 0 fully saturated rings. The van der Waals surface area contributed by atoms with E-state index in [0.29, 0.717) is 0 Å². The van der Waals surface area contributed by atoms with Gasteiger partial charge in [0.05, 0.1) is 5.41 Å². The van der Waals surface area contributed by atoms with Gasteiger partial charge in [-0.25, -0.2) is 0 Å². The first kappa shape index (κ1) is 7.32. The second kappa shape index (κ2) is 1.84. The number of hydrogen-bond donors (Lipinski definition) is 1. The molecular formula is C8H13NO. The molecule has 0 atom stereocenters. The van der Waals surface area contributed by atoms with E-state index in [9.17, 15) is 4.79 Å². The Morgan fingerprint density at radius 3 is 1.90 bits per heavy atom. The third-order valence-electron chi connectivity index (χ3n) is 2.37. The van der Waals surface area contributed by atoms with Gasteiger partial charge in [-0.1, -0.05) is 0 Å². The Bertz CT molecular complexity index is 213. The lowest BCUT2D eigenvalue weighted by atomic mass is 9.86. The molecule has 0 aromatic heterocycles. The Kier molecular flexibility index (Phi) is 1.35. The largest absolute Gasteiger partial charge is 0.329 e. The van der Waals surface area contributed by atoms with Crippen molar-refractivity contribution < 1.29 is 4.79 Å². The Morgan fingerprint density at radius 2 is 1.80 bits per heavy atom. The van der Waals surface area contributed by atoms with Gasteiger partial charge in [-0.2, -0.15) is 0 Å². The minimum absolute atomic E-state index is 0.113. The monoisotopic (exact) mass is 139 g/mol. The standard InChI is InChI=1S/C8H13NO/c1-5-6(2)9-7(10)8(5,3)4/h1-4H3,(H,9,10). The summed E-state index contributed by atoms with van der Waals surface area (Å²) in [7, 11) is 0. The van der Waals surface area contributed by atoms with Crippen molar-refractivity contribution >= 4 is 5.91 Å². The quantitative estimate of drug-likeness (QED) is 0.540. The van der Waals surface area contributed by atoms with E-state index in [4.69, 9.17) is 0 Å². The molecule has 0 spiro atoms. The molecule has 0 aromatic rings. The smallest absolute Gasteiger partial charge is 0.233 e. The molecule has 1 aliphatic rings. The van der Waals surface area contributed by atoms with E-state index in [1.165, 1.54) is 0 Å². The molecule has 0 radical (unpaired) electrons. The summed E-state index contributed by atoms with van der Waals surface area (Å²) >= 11 is 0. The van der Waals surface area contributed by atoms with Crippen molar-refractivity contribution in [2.75, 3.05) is 0 Å². The van der Waals surface area contributed by atoms with Crippen LogP contribution in [0.4, 0.5) is 0 Å². The first-order chi connectivity index (χ1) is 4.46. The SMILES string of the molecule is CC1=C(C)C(C)(C)C(=O)N1. The van der Waals surface area contributed by atoms with Gasteiger partial charge in [0.25, 0.3) is 0 Å². The van der Waals surface area contributed by atoms with Gasteiger partial charge in [-0.15, -0.1) is 0 Å². The molecule has 0 bridgehead atoms. The van der Waals surface area contributed by atoms with Crippen molar-refractivity contribution in [2.45, 2.75) is 27.7 Å². The summed E-state index contributed by atoms with van der Waals surface area (Å²) in [6.45, 7) is 7.80. The number of allylic oxidation sites excluding steroid dienone is 1. The van der Waals surface area contributed by atoms with Crippen LogP contribution in [0.25, 0.3) is 0 Å². The summed E-state index contributed by atoms with van der Waals surface area (Å²) in [6, 6.07) is 0. The van der Waals surface area contributed by atoms with E-state index in [0.717, 1.165) is 11.3 Å². The van der Waals surface area contributed by atoms with E-state index in [-0.39, 0.29) is 11.3 Å². The zero-order valence-corrected chi connectivity index (χ0v) is 6.91. The highest BCUT2D eigenvalue weighted by Gasteiger charge is 2.36. The summed E-state index contributed by atoms with van der Waals surface area (Å²) in [4.78, 5) is 11.2. The van der Waals surface area contributed by atoms with E-state index >= 15 is 0 Å². The number of amides is 1. The summed E-state index contributed by atoms with van der Waals surface area (Å²) in [5, 5.41) is 2.80. The van der Waals surface area contributed by atoms with Crippen molar-refractivity contribution in [3.05, 3.63) is 11.3 Å². The van der Waals surface area contributed by atoms with Gasteiger partial charge in [-0.3, -0.25) is 4.79 Å². The number of carbonyl (C=O) groups excluding carboxylic acids is 1. The zero-order valence-electron chi connectivity index (χ0n) is 6.91. The highest BCUT2D eigenvalue weighted by atomic mass is 16.2. The van der Waals surface area contributed by atoms with Gasteiger partial charge in [0.15, 0.2) is 0 Å². The van der Waals surface area contributed by atoms with Crippen LogP contribution in [0.1, 0.15) is 27.7 Å². The average Bonchev–Trinajstić information content (AvgIpc) is 1.97. The Balaban J connectivity index is 3.06. The maximum atomic E-state index is 11.2. The summed E-state index contributed by atoms with van der Waals surface area (Å²) in [6.07, 6.45) is 0. The lowest BCUT2D eigenvalue weighted by molar-refractivity contribution is -0.125. The van der Waals surface area contributed by atoms with Gasteiger partial charge in [0, 0.05) is 5.70 Å². The van der Waals surface area contributed by atoms with E-state index < -0.39 is 0 Å². The van der Waals surface area contributed by atoms with Crippen LogP contribution in [0.2, 0.25) is 0 Å². The second-order valence-corrected chi connectivity index (χ2v) is 3.33. The van der Waals surface area contributed by atoms with Crippen molar-refractivity contribution in [2.24, 2.45) is 5.41 Å².